The summed E-state index contributed by atoms with van der Waals surface area (Å²) in [4.78, 5) is 30.0. The summed E-state index contributed by atoms with van der Waals surface area (Å²) in [6.07, 6.45) is 1.71. The molecule has 0 aliphatic rings. The number of nitrogens with zero attached hydrogens (tertiary/aromatic N) is 2. The van der Waals surface area contributed by atoms with Crippen LogP contribution in [0.15, 0.2) is 64.5 Å². The van der Waals surface area contributed by atoms with Crippen molar-refractivity contribution < 1.29 is 4.79 Å². The Labute approximate surface area is 175 Å². The van der Waals surface area contributed by atoms with Crippen LogP contribution in [0.4, 0.5) is 0 Å². The van der Waals surface area contributed by atoms with Crippen LogP contribution in [0.1, 0.15) is 32.8 Å². The van der Waals surface area contributed by atoms with Crippen molar-refractivity contribution in [1.29, 1.82) is 0 Å². The van der Waals surface area contributed by atoms with Crippen LogP contribution in [0, 0.1) is 0 Å². The van der Waals surface area contributed by atoms with Gasteiger partial charge in [-0.25, -0.2) is 4.98 Å². The van der Waals surface area contributed by atoms with Crippen LogP contribution < -0.4 is 10.9 Å². The molecule has 1 amide bonds. The summed E-state index contributed by atoms with van der Waals surface area (Å²) >= 11 is 1.31. The highest BCUT2D eigenvalue weighted by Gasteiger charge is 2.16. The predicted molar refractivity (Wildman–Crippen MR) is 119 cm³/mol. The van der Waals surface area contributed by atoms with Gasteiger partial charge in [-0.1, -0.05) is 54.2 Å². The number of carbonyl (C=O) groups excluding carboxylic acids is 1. The van der Waals surface area contributed by atoms with Gasteiger partial charge in [-0.05, 0) is 51.3 Å². The number of fused-ring (bicyclic) bond motifs is 1. The summed E-state index contributed by atoms with van der Waals surface area (Å²) in [6.45, 7) is 6.41. The van der Waals surface area contributed by atoms with Gasteiger partial charge in [0.2, 0.25) is 5.91 Å². The van der Waals surface area contributed by atoms with Gasteiger partial charge >= 0.3 is 0 Å². The van der Waals surface area contributed by atoms with Crippen LogP contribution in [-0.2, 0) is 17.8 Å². The van der Waals surface area contributed by atoms with E-state index in [1.165, 1.54) is 17.3 Å². The van der Waals surface area contributed by atoms with Crippen molar-refractivity contribution in [1.82, 2.24) is 14.9 Å². The van der Waals surface area contributed by atoms with E-state index in [0.29, 0.717) is 22.6 Å². The topological polar surface area (TPSA) is 64.0 Å². The number of hydrogen-bond acceptors (Lipinski definition) is 4. The Morgan fingerprint density at radius 2 is 1.76 bits per heavy atom. The minimum absolute atomic E-state index is 0.0533. The van der Waals surface area contributed by atoms with Gasteiger partial charge in [0.15, 0.2) is 5.16 Å². The van der Waals surface area contributed by atoms with E-state index in [-0.39, 0.29) is 22.8 Å². The molecule has 152 valence electrons. The quantitative estimate of drug-likeness (QED) is 0.473. The molecule has 0 saturated carbocycles. The molecule has 29 heavy (non-hydrogen) atoms. The first kappa shape index (κ1) is 21.1. The molecule has 1 heterocycles. The minimum atomic E-state index is -0.288. The normalized spacial score (nSPS) is 11.6. The SMILES string of the molecule is CC(C)(C)NC(=O)CSc1nc2ccccc2c(=O)n1CCCc1ccccc1. The summed E-state index contributed by atoms with van der Waals surface area (Å²) in [6, 6.07) is 17.6. The monoisotopic (exact) mass is 409 g/mol. The second-order valence-electron chi connectivity index (χ2n) is 8.04. The van der Waals surface area contributed by atoms with E-state index in [1.54, 1.807) is 10.6 Å². The van der Waals surface area contributed by atoms with E-state index in [1.807, 2.05) is 57.2 Å². The molecule has 2 aromatic carbocycles. The number of nitrogens with one attached hydrogen (secondary N) is 1. The lowest BCUT2D eigenvalue weighted by atomic mass is 10.1. The lowest BCUT2D eigenvalue weighted by Crippen LogP contribution is -2.41. The maximum Gasteiger partial charge on any atom is 0.262 e. The molecule has 6 heteroatoms. The van der Waals surface area contributed by atoms with Gasteiger partial charge < -0.3 is 5.32 Å². The van der Waals surface area contributed by atoms with E-state index in [9.17, 15) is 9.59 Å². The number of benzene rings is 2. The van der Waals surface area contributed by atoms with Crippen LogP contribution in [0.5, 0.6) is 0 Å². The Hall–Kier alpha value is -2.60. The fourth-order valence-electron chi connectivity index (χ4n) is 3.13. The van der Waals surface area contributed by atoms with Gasteiger partial charge in [0.25, 0.3) is 5.56 Å². The maximum atomic E-state index is 13.1. The van der Waals surface area contributed by atoms with Crippen molar-refractivity contribution in [3.05, 3.63) is 70.5 Å². The zero-order chi connectivity index (χ0) is 20.9. The Morgan fingerprint density at radius 3 is 2.48 bits per heavy atom. The molecule has 3 rings (SSSR count). The standard InChI is InChI=1S/C23H27N3O2S/c1-23(2,3)25-20(27)16-29-22-24-19-14-8-7-13-18(19)21(28)26(22)15-9-12-17-10-5-4-6-11-17/h4-8,10-11,13-14H,9,12,15-16H2,1-3H3,(H,25,27). The molecular weight excluding hydrogens is 382 g/mol. The molecule has 0 aliphatic heterocycles. The molecule has 3 aromatic rings. The van der Waals surface area contributed by atoms with Gasteiger partial charge in [0, 0.05) is 12.1 Å². The largest absolute Gasteiger partial charge is 0.351 e. The Morgan fingerprint density at radius 1 is 1.07 bits per heavy atom. The van der Waals surface area contributed by atoms with E-state index in [2.05, 4.69) is 22.4 Å². The summed E-state index contributed by atoms with van der Waals surface area (Å²) < 4.78 is 1.71. The molecule has 1 N–H and O–H groups in total. The molecule has 0 unspecified atom stereocenters. The van der Waals surface area contributed by atoms with Crippen molar-refractivity contribution in [2.24, 2.45) is 0 Å². The Balaban J connectivity index is 1.81. The third-order valence-electron chi connectivity index (χ3n) is 4.36. The smallest absolute Gasteiger partial charge is 0.262 e. The first-order valence-electron chi connectivity index (χ1n) is 9.81. The lowest BCUT2D eigenvalue weighted by molar-refractivity contribution is -0.119. The summed E-state index contributed by atoms with van der Waals surface area (Å²) in [5.41, 5.74) is 1.56. The number of hydrogen-bond donors (Lipinski definition) is 1. The summed E-state index contributed by atoms with van der Waals surface area (Å²) in [5.74, 6) is 0.154. The number of rotatable bonds is 7. The van der Waals surface area contributed by atoms with Crippen molar-refractivity contribution in [3.63, 3.8) is 0 Å². The zero-order valence-corrected chi connectivity index (χ0v) is 18.0. The second-order valence-corrected chi connectivity index (χ2v) is 8.99. The Kier molecular flexibility index (Phi) is 6.75. The van der Waals surface area contributed by atoms with Crippen LogP contribution in [0.25, 0.3) is 10.9 Å². The highest BCUT2D eigenvalue weighted by molar-refractivity contribution is 7.99. The van der Waals surface area contributed by atoms with E-state index >= 15 is 0 Å². The predicted octanol–water partition coefficient (Wildman–Crippen LogP) is 4.04. The van der Waals surface area contributed by atoms with Crippen molar-refractivity contribution in [2.45, 2.75) is 50.9 Å². The first-order chi connectivity index (χ1) is 13.8. The summed E-state index contributed by atoms with van der Waals surface area (Å²) in [7, 11) is 0. The van der Waals surface area contributed by atoms with Gasteiger partial charge in [0.05, 0.1) is 16.7 Å². The number of thioether (sulfide) groups is 1. The van der Waals surface area contributed by atoms with E-state index in [0.717, 1.165) is 12.8 Å². The van der Waals surface area contributed by atoms with Gasteiger partial charge in [-0.2, -0.15) is 0 Å². The van der Waals surface area contributed by atoms with Crippen LogP contribution >= 0.6 is 11.8 Å². The van der Waals surface area contributed by atoms with Crippen LogP contribution in [-0.4, -0.2) is 26.8 Å². The molecule has 5 nitrogen and oxygen atoms in total. The first-order valence-corrected chi connectivity index (χ1v) is 10.8. The zero-order valence-electron chi connectivity index (χ0n) is 17.1. The number of aromatic nitrogens is 2. The maximum absolute atomic E-state index is 13.1. The molecular formula is C23H27N3O2S. The minimum Gasteiger partial charge on any atom is -0.351 e. The number of carbonyl (C=O) groups is 1. The molecule has 1 aromatic heterocycles. The fourth-order valence-corrected chi connectivity index (χ4v) is 3.95. The van der Waals surface area contributed by atoms with Gasteiger partial charge in [0.1, 0.15) is 0 Å². The molecule has 0 radical (unpaired) electrons. The Bertz CT molecular complexity index is 1040. The fraction of sp³-hybridized carbons (Fsp3) is 0.348. The molecule has 0 spiro atoms. The average Bonchev–Trinajstić information content (AvgIpc) is 2.68. The molecule has 0 aliphatic carbocycles. The number of aryl methyl sites for hydroxylation is 1. The molecule has 0 fully saturated rings. The van der Waals surface area contributed by atoms with E-state index in [4.69, 9.17) is 0 Å². The molecule has 0 atom stereocenters. The van der Waals surface area contributed by atoms with Gasteiger partial charge in [-0.15, -0.1) is 0 Å². The second kappa shape index (κ2) is 9.27. The van der Waals surface area contributed by atoms with Gasteiger partial charge in [-0.3, -0.25) is 14.2 Å². The van der Waals surface area contributed by atoms with Crippen LogP contribution in [0.3, 0.4) is 0 Å². The molecule has 0 saturated heterocycles. The van der Waals surface area contributed by atoms with Crippen LogP contribution in [0.2, 0.25) is 0 Å². The number of para-hydroxylation sites is 1. The average molecular weight is 410 g/mol. The molecule has 0 bridgehead atoms. The van der Waals surface area contributed by atoms with E-state index < -0.39 is 0 Å². The number of amides is 1. The lowest BCUT2D eigenvalue weighted by Gasteiger charge is -2.20. The highest BCUT2D eigenvalue weighted by Crippen LogP contribution is 2.19. The van der Waals surface area contributed by atoms with Crippen molar-refractivity contribution in [3.8, 4) is 0 Å². The summed E-state index contributed by atoms with van der Waals surface area (Å²) in [5, 5.41) is 4.15. The third kappa shape index (κ3) is 5.94. The third-order valence-corrected chi connectivity index (χ3v) is 5.34. The highest BCUT2D eigenvalue weighted by atomic mass is 32.2. The van der Waals surface area contributed by atoms with Crippen molar-refractivity contribution in [2.75, 3.05) is 5.75 Å². The van der Waals surface area contributed by atoms with Crippen molar-refractivity contribution >= 4 is 28.6 Å².